The van der Waals surface area contributed by atoms with E-state index in [0.717, 1.165) is 0 Å². The molecule has 1 aliphatic heterocycles. The van der Waals surface area contributed by atoms with Gasteiger partial charge in [0.25, 0.3) is 0 Å². The van der Waals surface area contributed by atoms with Crippen molar-refractivity contribution in [2.75, 3.05) is 0 Å². The number of hydrogen-bond donors (Lipinski definition) is 2. The molecular weight excluding hydrogens is 326 g/mol. The molecule has 3 rings (SSSR count). The van der Waals surface area contributed by atoms with Crippen LogP contribution in [0.4, 0.5) is 8.78 Å². The highest BCUT2D eigenvalue weighted by molar-refractivity contribution is 5.82. The van der Waals surface area contributed by atoms with E-state index in [-0.39, 0.29) is 23.7 Å². The Morgan fingerprint density at radius 1 is 1.20 bits per heavy atom. The fourth-order valence-electron chi connectivity index (χ4n) is 3.00. The monoisotopic (exact) mass is 346 g/mol. The zero-order valence-corrected chi connectivity index (χ0v) is 13.8. The van der Waals surface area contributed by atoms with E-state index in [2.05, 4.69) is 15.4 Å². The largest absolute Gasteiger partial charge is 0.435 e. The third-order valence-corrected chi connectivity index (χ3v) is 4.34. The number of carbonyl (C=O) groups is 1. The summed E-state index contributed by atoms with van der Waals surface area (Å²) in [5.41, 5.74) is 3.08. The third kappa shape index (κ3) is 4.33. The molecule has 0 saturated carbocycles. The van der Waals surface area contributed by atoms with Gasteiger partial charge in [-0.15, -0.1) is 0 Å². The molecule has 2 N–H and O–H groups in total. The van der Waals surface area contributed by atoms with Gasteiger partial charge in [0.15, 0.2) is 0 Å². The predicted molar refractivity (Wildman–Crippen MR) is 90.4 cm³/mol. The van der Waals surface area contributed by atoms with Crippen LogP contribution in [0, 0.1) is 0 Å². The van der Waals surface area contributed by atoms with Crippen molar-refractivity contribution >= 4 is 5.91 Å². The number of hydrogen-bond acceptors (Lipinski definition) is 3. The molecule has 6 heteroatoms. The summed E-state index contributed by atoms with van der Waals surface area (Å²) >= 11 is 0. The first-order chi connectivity index (χ1) is 12.0. The van der Waals surface area contributed by atoms with Gasteiger partial charge in [0.05, 0.1) is 12.1 Å². The fraction of sp³-hybridized carbons (Fsp3) is 0.316. The van der Waals surface area contributed by atoms with Gasteiger partial charge in [0, 0.05) is 6.54 Å². The second-order valence-electron chi connectivity index (χ2n) is 6.09. The first-order valence-electron chi connectivity index (χ1n) is 8.18. The van der Waals surface area contributed by atoms with Crippen LogP contribution in [-0.2, 0) is 17.8 Å². The van der Waals surface area contributed by atoms with Crippen LogP contribution in [0.3, 0.4) is 0 Å². The summed E-state index contributed by atoms with van der Waals surface area (Å²) in [6, 6.07) is 13.8. The summed E-state index contributed by atoms with van der Waals surface area (Å²) in [6.45, 7) is -0.400. The Morgan fingerprint density at radius 2 is 1.96 bits per heavy atom. The number of halogens is 2. The topological polar surface area (TPSA) is 50.4 Å². The molecule has 2 aromatic carbocycles. The lowest BCUT2D eigenvalue weighted by atomic mass is 9.95. The molecule has 2 unspecified atom stereocenters. The molecule has 2 aromatic rings. The number of ether oxygens (including phenoxy) is 1. The van der Waals surface area contributed by atoms with E-state index in [4.69, 9.17) is 0 Å². The SMILES string of the molecule is CC(NC(=O)C1Cc2ccccc2CN1)c1cccc(OC(F)F)c1. The van der Waals surface area contributed by atoms with E-state index in [0.29, 0.717) is 18.5 Å². The number of rotatable bonds is 5. The molecule has 25 heavy (non-hydrogen) atoms. The minimum Gasteiger partial charge on any atom is -0.435 e. The van der Waals surface area contributed by atoms with Crippen molar-refractivity contribution in [3.05, 3.63) is 65.2 Å². The second kappa shape index (κ2) is 7.61. The predicted octanol–water partition coefficient (Wildman–Crippen LogP) is 3.18. The van der Waals surface area contributed by atoms with Crippen molar-refractivity contribution in [2.24, 2.45) is 0 Å². The van der Waals surface area contributed by atoms with Crippen LogP contribution in [0.25, 0.3) is 0 Å². The molecule has 1 amide bonds. The molecule has 0 saturated heterocycles. The minimum atomic E-state index is -2.87. The number of carbonyl (C=O) groups excluding carboxylic acids is 1. The zero-order valence-electron chi connectivity index (χ0n) is 13.8. The highest BCUT2D eigenvalue weighted by Gasteiger charge is 2.25. The third-order valence-electron chi connectivity index (χ3n) is 4.34. The van der Waals surface area contributed by atoms with E-state index in [1.807, 2.05) is 31.2 Å². The van der Waals surface area contributed by atoms with E-state index in [1.54, 1.807) is 12.1 Å². The van der Waals surface area contributed by atoms with Crippen molar-refractivity contribution in [1.29, 1.82) is 0 Å². The van der Waals surface area contributed by atoms with Gasteiger partial charge in [-0.05, 0) is 42.2 Å². The summed E-state index contributed by atoms with van der Waals surface area (Å²) in [4.78, 5) is 12.5. The molecule has 0 fully saturated rings. The van der Waals surface area contributed by atoms with Crippen molar-refractivity contribution in [3.8, 4) is 5.75 Å². The van der Waals surface area contributed by atoms with Gasteiger partial charge in [-0.25, -0.2) is 0 Å². The Morgan fingerprint density at radius 3 is 2.72 bits per heavy atom. The number of alkyl halides is 2. The number of benzene rings is 2. The summed E-state index contributed by atoms with van der Waals surface area (Å²) in [7, 11) is 0. The Labute approximate surface area is 145 Å². The molecule has 0 radical (unpaired) electrons. The molecule has 0 aliphatic carbocycles. The zero-order chi connectivity index (χ0) is 17.8. The smallest absolute Gasteiger partial charge is 0.387 e. The molecule has 1 aliphatic rings. The summed E-state index contributed by atoms with van der Waals surface area (Å²) in [6.07, 6.45) is 0.628. The highest BCUT2D eigenvalue weighted by Crippen LogP contribution is 2.21. The molecule has 0 bridgehead atoms. The molecular formula is C19H20F2N2O2. The average molecular weight is 346 g/mol. The van der Waals surface area contributed by atoms with Crippen LogP contribution in [0.2, 0.25) is 0 Å². The Bertz CT molecular complexity index is 752. The van der Waals surface area contributed by atoms with Gasteiger partial charge in [-0.2, -0.15) is 8.78 Å². The Kier molecular flexibility index (Phi) is 5.28. The van der Waals surface area contributed by atoms with Gasteiger partial charge in [-0.3, -0.25) is 4.79 Å². The Hall–Kier alpha value is -2.47. The lowest BCUT2D eigenvalue weighted by molar-refractivity contribution is -0.124. The van der Waals surface area contributed by atoms with Crippen LogP contribution in [0.15, 0.2) is 48.5 Å². The molecule has 132 valence electrons. The minimum absolute atomic E-state index is 0.0818. The summed E-state index contributed by atoms with van der Waals surface area (Å²) in [5, 5.41) is 6.17. The van der Waals surface area contributed by atoms with Crippen LogP contribution in [0.5, 0.6) is 5.75 Å². The van der Waals surface area contributed by atoms with Crippen molar-refractivity contribution < 1.29 is 18.3 Å². The van der Waals surface area contributed by atoms with Gasteiger partial charge in [0.2, 0.25) is 5.91 Å². The van der Waals surface area contributed by atoms with Crippen LogP contribution >= 0.6 is 0 Å². The van der Waals surface area contributed by atoms with E-state index in [1.165, 1.54) is 23.3 Å². The van der Waals surface area contributed by atoms with E-state index >= 15 is 0 Å². The Balaban J connectivity index is 1.63. The molecule has 4 nitrogen and oxygen atoms in total. The summed E-state index contributed by atoms with van der Waals surface area (Å²) < 4.78 is 29.1. The van der Waals surface area contributed by atoms with Gasteiger partial charge < -0.3 is 15.4 Å². The van der Waals surface area contributed by atoms with Crippen LogP contribution in [0.1, 0.15) is 29.7 Å². The normalized spacial score (nSPS) is 17.7. The highest BCUT2D eigenvalue weighted by atomic mass is 19.3. The maximum absolute atomic E-state index is 12.5. The maximum Gasteiger partial charge on any atom is 0.387 e. The molecule has 0 aromatic heterocycles. The average Bonchev–Trinajstić information content (AvgIpc) is 2.61. The standard InChI is InChI=1S/C19H20F2N2O2/c1-12(13-7-4-8-16(9-13)25-19(20)21)23-18(24)17-10-14-5-2-3-6-15(14)11-22-17/h2-9,12,17,19,22H,10-11H2,1H3,(H,23,24). The maximum atomic E-state index is 12.5. The quantitative estimate of drug-likeness (QED) is 0.874. The summed E-state index contributed by atoms with van der Waals surface area (Å²) in [5.74, 6) is -0.0273. The van der Waals surface area contributed by atoms with Gasteiger partial charge in [0.1, 0.15) is 5.75 Å². The lowest BCUT2D eigenvalue weighted by Gasteiger charge is -2.27. The molecule has 2 atom stereocenters. The van der Waals surface area contributed by atoms with Crippen LogP contribution < -0.4 is 15.4 Å². The van der Waals surface area contributed by atoms with Crippen molar-refractivity contribution in [3.63, 3.8) is 0 Å². The second-order valence-corrected chi connectivity index (χ2v) is 6.09. The first kappa shape index (κ1) is 17.4. The molecule has 1 heterocycles. The number of nitrogens with one attached hydrogen (secondary N) is 2. The number of fused-ring (bicyclic) bond motifs is 1. The molecule has 0 spiro atoms. The van der Waals surface area contributed by atoms with Crippen LogP contribution in [-0.4, -0.2) is 18.6 Å². The van der Waals surface area contributed by atoms with E-state index in [9.17, 15) is 13.6 Å². The van der Waals surface area contributed by atoms with E-state index < -0.39 is 6.61 Å². The first-order valence-corrected chi connectivity index (χ1v) is 8.18. The lowest BCUT2D eigenvalue weighted by Crippen LogP contribution is -2.48. The number of amides is 1. The van der Waals surface area contributed by atoms with Gasteiger partial charge in [-0.1, -0.05) is 36.4 Å². The van der Waals surface area contributed by atoms with Crippen molar-refractivity contribution in [1.82, 2.24) is 10.6 Å². The fourth-order valence-corrected chi connectivity index (χ4v) is 3.00. The van der Waals surface area contributed by atoms with Crippen molar-refractivity contribution in [2.45, 2.75) is 38.6 Å². The van der Waals surface area contributed by atoms with Gasteiger partial charge >= 0.3 is 6.61 Å².